The zero-order valence-electron chi connectivity index (χ0n) is 12.9. The van der Waals surface area contributed by atoms with Crippen LogP contribution in [0.3, 0.4) is 0 Å². The van der Waals surface area contributed by atoms with Crippen molar-refractivity contribution in [3.05, 3.63) is 65.4 Å². The van der Waals surface area contributed by atoms with E-state index in [1.165, 1.54) is 6.07 Å². The van der Waals surface area contributed by atoms with Gasteiger partial charge in [0.2, 0.25) is 0 Å². The summed E-state index contributed by atoms with van der Waals surface area (Å²) in [4.78, 5) is 1.73. The van der Waals surface area contributed by atoms with E-state index < -0.39 is 11.7 Å². The third-order valence-corrected chi connectivity index (χ3v) is 4.47. The number of halogens is 3. The largest absolute Gasteiger partial charge is 0.416 e. The molecule has 1 aliphatic rings. The maximum Gasteiger partial charge on any atom is 0.416 e. The molecule has 0 bridgehead atoms. The van der Waals surface area contributed by atoms with E-state index in [1.807, 2.05) is 42.1 Å². The van der Waals surface area contributed by atoms with Crippen LogP contribution in [0.4, 0.5) is 18.9 Å². The Labute approximate surface area is 136 Å². The van der Waals surface area contributed by atoms with Crippen LogP contribution in [0.5, 0.6) is 0 Å². The number of alkyl halides is 3. The van der Waals surface area contributed by atoms with Crippen molar-refractivity contribution in [2.45, 2.75) is 12.7 Å². The number of benzene rings is 2. The molecule has 3 aromatic rings. The Morgan fingerprint density at radius 2 is 1.83 bits per heavy atom. The van der Waals surface area contributed by atoms with E-state index >= 15 is 0 Å². The van der Waals surface area contributed by atoms with Crippen LogP contribution >= 0.6 is 0 Å². The number of hydrogen-bond acceptors (Lipinski definition) is 1. The molecular formula is C18H14F3N3. The fourth-order valence-corrected chi connectivity index (χ4v) is 3.16. The molecule has 0 saturated carbocycles. The van der Waals surface area contributed by atoms with Crippen molar-refractivity contribution in [1.82, 2.24) is 4.57 Å². The third kappa shape index (κ3) is 2.18. The molecule has 0 fully saturated rings. The number of hydrogen-bond donors (Lipinski definition) is 1. The van der Waals surface area contributed by atoms with Gasteiger partial charge in [-0.2, -0.15) is 13.2 Å². The smallest absolute Gasteiger partial charge is 0.351 e. The average Bonchev–Trinajstić information content (AvgIpc) is 3.07. The minimum atomic E-state index is -4.40. The van der Waals surface area contributed by atoms with Crippen LogP contribution in [0, 0.1) is 5.41 Å². The second-order valence-corrected chi connectivity index (χ2v) is 5.97. The first-order valence-electron chi connectivity index (χ1n) is 7.46. The Bertz CT molecular complexity index is 969. The van der Waals surface area contributed by atoms with Crippen molar-refractivity contribution in [3.63, 3.8) is 0 Å². The van der Waals surface area contributed by atoms with Gasteiger partial charge in [0.05, 0.1) is 12.1 Å². The van der Waals surface area contributed by atoms with Gasteiger partial charge < -0.3 is 9.47 Å². The summed E-state index contributed by atoms with van der Waals surface area (Å²) in [6.07, 6.45) is -2.44. The van der Waals surface area contributed by atoms with Crippen LogP contribution in [0.2, 0.25) is 0 Å². The number of nitrogens with one attached hydrogen (secondary N) is 1. The summed E-state index contributed by atoms with van der Waals surface area (Å²) in [5.74, 6) is 0.103. The van der Waals surface area contributed by atoms with E-state index in [-0.39, 0.29) is 5.84 Å². The number of nitrogens with zero attached hydrogens (tertiary/aromatic N) is 2. The van der Waals surface area contributed by atoms with Gasteiger partial charge in [0.1, 0.15) is 5.84 Å². The zero-order valence-corrected chi connectivity index (χ0v) is 12.9. The normalized spacial score (nSPS) is 14.5. The van der Waals surface area contributed by atoms with Gasteiger partial charge in [0.25, 0.3) is 0 Å². The molecule has 0 radical (unpaired) electrons. The Morgan fingerprint density at radius 3 is 2.58 bits per heavy atom. The van der Waals surface area contributed by atoms with Crippen LogP contribution in [0.25, 0.3) is 10.9 Å². The molecular weight excluding hydrogens is 315 g/mol. The highest BCUT2D eigenvalue weighted by Crippen LogP contribution is 2.35. The lowest BCUT2D eigenvalue weighted by atomic mass is 10.1. The quantitative estimate of drug-likeness (QED) is 0.698. The summed E-state index contributed by atoms with van der Waals surface area (Å²) >= 11 is 0. The number of aryl methyl sites for hydroxylation is 1. The second-order valence-electron chi connectivity index (χ2n) is 5.97. The van der Waals surface area contributed by atoms with Crippen molar-refractivity contribution in [2.75, 3.05) is 4.90 Å². The zero-order chi connectivity index (χ0) is 17.1. The lowest BCUT2D eigenvalue weighted by Crippen LogP contribution is -2.23. The molecule has 4 rings (SSSR count). The van der Waals surface area contributed by atoms with Crippen molar-refractivity contribution in [1.29, 1.82) is 5.41 Å². The molecule has 3 nitrogen and oxygen atoms in total. The van der Waals surface area contributed by atoms with Crippen molar-refractivity contribution in [3.8, 4) is 0 Å². The Morgan fingerprint density at radius 1 is 1.04 bits per heavy atom. The van der Waals surface area contributed by atoms with Gasteiger partial charge in [0.15, 0.2) is 0 Å². The first-order chi connectivity index (χ1) is 11.3. The molecule has 0 atom stereocenters. The van der Waals surface area contributed by atoms with E-state index in [9.17, 15) is 13.2 Å². The van der Waals surface area contributed by atoms with E-state index in [2.05, 4.69) is 0 Å². The number of rotatable bonds is 1. The maximum atomic E-state index is 12.9. The highest BCUT2D eigenvalue weighted by atomic mass is 19.4. The first-order valence-corrected chi connectivity index (χ1v) is 7.46. The summed E-state index contributed by atoms with van der Waals surface area (Å²) < 4.78 is 40.7. The van der Waals surface area contributed by atoms with E-state index in [0.717, 1.165) is 34.3 Å². The Kier molecular flexibility index (Phi) is 3.00. The fourth-order valence-electron chi connectivity index (χ4n) is 3.16. The number of anilines is 1. The summed E-state index contributed by atoms with van der Waals surface area (Å²) in [7, 11) is 1.95. The number of aromatic nitrogens is 1. The molecule has 24 heavy (non-hydrogen) atoms. The van der Waals surface area contributed by atoms with Gasteiger partial charge >= 0.3 is 6.18 Å². The van der Waals surface area contributed by atoms with Gasteiger partial charge in [-0.1, -0.05) is 6.07 Å². The van der Waals surface area contributed by atoms with Gasteiger partial charge in [-0.3, -0.25) is 5.41 Å². The minimum Gasteiger partial charge on any atom is -0.351 e. The first kappa shape index (κ1) is 14.8. The molecule has 0 spiro atoms. The number of amidine groups is 1. The summed E-state index contributed by atoms with van der Waals surface area (Å²) in [6.45, 7) is 0.407. The van der Waals surface area contributed by atoms with Gasteiger partial charge in [-0.05, 0) is 42.0 Å². The molecule has 122 valence electrons. The maximum absolute atomic E-state index is 12.9. The molecule has 1 aromatic heterocycles. The van der Waals surface area contributed by atoms with Crippen LogP contribution < -0.4 is 4.90 Å². The molecule has 2 heterocycles. The average molecular weight is 329 g/mol. The number of fused-ring (bicyclic) bond motifs is 2. The van der Waals surface area contributed by atoms with Crippen LogP contribution in [-0.4, -0.2) is 10.4 Å². The lowest BCUT2D eigenvalue weighted by molar-refractivity contribution is -0.137. The van der Waals surface area contributed by atoms with Crippen LogP contribution in [0.15, 0.2) is 48.7 Å². The third-order valence-electron chi connectivity index (χ3n) is 4.47. The fraction of sp³-hybridized carbons (Fsp3) is 0.167. The van der Waals surface area contributed by atoms with Crippen molar-refractivity contribution < 1.29 is 13.2 Å². The summed E-state index contributed by atoms with van der Waals surface area (Å²) in [5, 5.41) is 9.33. The van der Waals surface area contributed by atoms with Gasteiger partial charge in [-0.15, -0.1) is 0 Å². The lowest BCUT2D eigenvalue weighted by Gasteiger charge is -2.18. The van der Waals surface area contributed by atoms with E-state index in [1.54, 1.807) is 4.90 Å². The molecule has 0 amide bonds. The highest BCUT2D eigenvalue weighted by Gasteiger charge is 2.34. The molecule has 1 N–H and O–H groups in total. The molecule has 0 aliphatic carbocycles. The second kappa shape index (κ2) is 4.87. The van der Waals surface area contributed by atoms with E-state index in [0.29, 0.717) is 12.1 Å². The standard InChI is InChI=1S/C18H14F3N3/c1-23-7-6-11-8-14(4-5-16(11)23)24-10-12-2-3-13(18(19,20)21)9-15(12)17(24)22/h2-9,22H,10H2,1H3. The van der Waals surface area contributed by atoms with Crippen LogP contribution in [-0.2, 0) is 19.8 Å². The molecule has 6 heteroatoms. The molecule has 2 aromatic carbocycles. The summed E-state index contributed by atoms with van der Waals surface area (Å²) in [6, 6.07) is 11.4. The topological polar surface area (TPSA) is 32.0 Å². The minimum absolute atomic E-state index is 0.103. The van der Waals surface area contributed by atoms with Gasteiger partial charge in [-0.25, -0.2) is 0 Å². The monoisotopic (exact) mass is 329 g/mol. The Balaban J connectivity index is 1.73. The van der Waals surface area contributed by atoms with Crippen molar-refractivity contribution in [2.24, 2.45) is 7.05 Å². The van der Waals surface area contributed by atoms with Crippen molar-refractivity contribution >= 4 is 22.4 Å². The predicted octanol–water partition coefficient (Wildman–Crippen LogP) is 4.54. The van der Waals surface area contributed by atoms with Crippen LogP contribution in [0.1, 0.15) is 16.7 Å². The van der Waals surface area contributed by atoms with Gasteiger partial charge in [0, 0.05) is 35.4 Å². The predicted molar refractivity (Wildman–Crippen MR) is 87.4 cm³/mol. The highest BCUT2D eigenvalue weighted by molar-refractivity contribution is 6.12. The molecule has 0 unspecified atom stereocenters. The molecule has 0 saturated heterocycles. The molecule has 1 aliphatic heterocycles. The van der Waals surface area contributed by atoms with E-state index in [4.69, 9.17) is 5.41 Å². The SMILES string of the molecule is Cn1ccc2cc(N3Cc4ccc(C(F)(F)F)cc4C3=N)ccc21. The summed E-state index contributed by atoms with van der Waals surface area (Å²) in [5.41, 5.74) is 2.25. The Hall–Kier alpha value is -2.76.